The first-order valence-corrected chi connectivity index (χ1v) is 16.8. The van der Waals surface area contributed by atoms with Crippen LogP contribution < -0.4 is 0 Å². The standard InChI is InChI=1S/C31H43NO7Si/c1-28(2,3)38-27(35)32-21-16-17-31(32,20-14-12-11-13-15-20)23(22(18-21)39-40(9,10)29(4,5)6)25(33)37-24-26(34)36-19-30(24,7)8/h11-17,21,24H,18-19H2,1-10H3/t21-,24+,31-/m1/s1. The Morgan fingerprint density at radius 1 is 1.05 bits per heavy atom. The van der Waals surface area contributed by atoms with Gasteiger partial charge in [0, 0.05) is 11.8 Å². The van der Waals surface area contributed by atoms with Crippen LogP contribution in [0.15, 0.2) is 53.8 Å². The lowest BCUT2D eigenvalue weighted by atomic mass is 9.79. The van der Waals surface area contributed by atoms with Gasteiger partial charge in [-0.05, 0) is 44.5 Å². The molecule has 1 aromatic rings. The van der Waals surface area contributed by atoms with Gasteiger partial charge in [-0.15, -0.1) is 0 Å². The number of ether oxygens (including phenoxy) is 3. The average molecular weight is 570 g/mol. The van der Waals surface area contributed by atoms with Crippen molar-refractivity contribution in [3.63, 3.8) is 0 Å². The van der Waals surface area contributed by atoms with Crippen molar-refractivity contribution in [2.24, 2.45) is 5.41 Å². The maximum absolute atomic E-state index is 14.4. The predicted octanol–water partition coefficient (Wildman–Crippen LogP) is 6.23. The van der Waals surface area contributed by atoms with Crippen molar-refractivity contribution in [2.75, 3.05) is 6.61 Å². The van der Waals surface area contributed by atoms with E-state index >= 15 is 0 Å². The van der Waals surface area contributed by atoms with Gasteiger partial charge < -0.3 is 18.6 Å². The number of carbonyl (C=O) groups excluding carboxylic acids is 3. The third-order valence-electron chi connectivity index (χ3n) is 8.25. The van der Waals surface area contributed by atoms with Gasteiger partial charge in [0.25, 0.3) is 0 Å². The number of nitrogens with zero attached hydrogens (tertiary/aromatic N) is 1. The number of carbonyl (C=O) groups is 3. The van der Waals surface area contributed by atoms with Gasteiger partial charge in [0.1, 0.15) is 23.3 Å². The molecule has 0 N–H and O–H groups in total. The second-order valence-electron chi connectivity index (χ2n) is 14.2. The third kappa shape index (κ3) is 5.20. The number of hydrogen-bond donors (Lipinski definition) is 0. The van der Waals surface area contributed by atoms with Crippen molar-refractivity contribution in [1.29, 1.82) is 0 Å². The van der Waals surface area contributed by atoms with E-state index in [2.05, 4.69) is 33.9 Å². The Bertz CT molecular complexity index is 1250. The normalized spacial score (nSPS) is 26.1. The topological polar surface area (TPSA) is 91.4 Å². The summed E-state index contributed by atoms with van der Waals surface area (Å²) in [6, 6.07) is 8.95. The summed E-state index contributed by atoms with van der Waals surface area (Å²) >= 11 is 0. The summed E-state index contributed by atoms with van der Waals surface area (Å²) in [7, 11) is -2.44. The van der Waals surface area contributed by atoms with Crippen LogP contribution in [0.2, 0.25) is 18.1 Å². The molecule has 218 valence electrons. The van der Waals surface area contributed by atoms with Crippen molar-refractivity contribution in [2.45, 2.75) is 103 Å². The van der Waals surface area contributed by atoms with E-state index in [-0.39, 0.29) is 23.6 Å². The van der Waals surface area contributed by atoms with Gasteiger partial charge in [-0.3, -0.25) is 4.90 Å². The molecule has 3 atom stereocenters. The highest BCUT2D eigenvalue weighted by molar-refractivity contribution is 6.74. The number of amides is 1. The summed E-state index contributed by atoms with van der Waals surface area (Å²) in [5.74, 6) is -0.813. The van der Waals surface area contributed by atoms with Gasteiger partial charge >= 0.3 is 18.0 Å². The van der Waals surface area contributed by atoms with Crippen molar-refractivity contribution < 1.29 is 33.0 Å². The number of benzene rings is 1. The van der Waals surface area contributed by atoms with Gasteiger partial charge in [-0.1, -0.05) is 77.1 Å². The van der Waals surface area contributed by atoms with E-state index in [1.54, 1.807) is 4.90 Å². The summed E-state index contributed by atoms with van der Waals surface area (Å²) in [6.07, 6.45) is 2.43. The molecule has 1 fully saturated rings. The molecule has 1 saturated heterocycles. The van der Waals surface area contributed by atoms with Crippen LogP contribution in [0.25, 0.3) is 0 Å². The van der Waals surface area contributed by atoms with Crippen LogP contribution in [0.3, 0.4) is 0 Å². The number of hydrogen-bond acceptors (Lipinski definition) is 7. The molecule has 0 saturated carbocycles. The van der Waals surface area contributed by atoms with Crippen LogP contribution in [-0.4, -0.2) is 55.6 Å². The van der Waals surface area contributed by atoms with Crippen LogP contribution >= 0.6 is 0 Å². The first-order chi connectivity index (χ1) is 18.3. The zero-order chi connectivity index (χ0) is 29.9. The molecule has 4 rings (SSSR count). The first-order valence-electron chi connectivity index (χ1n) is 13.9. The second-order valence-corrected chi connectivity index (χ2v) is 18.9. The molecule has 0 unspecified atom stereocenters. The Kier molecular flexibility index (Phi) is 7.31. The quantitative estimate of drug-likeness (QED) is 0.180. The summed E-state index contributed by atoms with van der Waals surface area (Å²) in [5, 5.41) is -0.152. The fraction of sp³-hybridized carbons (Fsp3) is 0.581. The van der Waals surface area contributed by atoms with E-state index < -0.39 is 55.1 Å². The van der Waals surface area contributed by atoms with Crippen molar-refractivity contribution in [3.8, 4) is 0 Å². The minimum Gasteiger partial charge on any atom is -0.546 e. The summed E-state index contributed by atoms with van der Waals surface area (Å²) in [5.41, 5.74) is -1.94. The zero-order valence-electron chi connectivity index (χ0n) is 25.4. The van der Waals surface area contributed by atoms with E-state index in [9.17, 15) is 14.4 Å². The lowest BCUT2D eigenvalue weighted by Crippen LogP contribution is -2.57. The van der Waals surface area contributed by atoms with E-state index in [4.69, 9.17) is 18.6 Å². The first kappa shape index (κ1) is 29.9. The summed E-state index contributed by atoms with van der Waals surface area (Å²) in [4.78, 5) is 42.5. The molecule has 2 bridgehead atoms. The minimum atomic E-state index is -2.44. The van der Waals surface area contributed by atoms with Gasteiger partial charge in [-0.25, -0.2) is 14.4 Å². The van der Waals surface area contributed by atoms with E-state index in [0.717, 1.165) is 0 Å². The maximum atomic E-state index is 14.4. The molecule has 0 spiro atoms. The molecule has 3 aliphatic rings. The van der Waals surface area contributed by atoms with Crippen LogP contribution in [0.5, 0.6) is 0 Å². The minimum absolute atomic E-state index is 0.145. The van der Waals surface area contributed by atoms with E-state index in [1.165, 1.54) is 0 Å². The molecule has 1 aromatic carbocycles. The molecule has 3 heterocycles. The zero-order valence-corrected chi connectivity index (χ0v) is 26.4. The average Bonchev–Trinajstić information content (AvgIpc) is 3.25. The fourth-order valence-corrected chi connectivity index (χ4v) is 6.24. The molecular formula is C31H43NO7Si. The van der Waals surface area contributed by atoms with Crippen LogP contribution in [0.1, 0.15) is 67.4 Å². The highest BCUT2D eigenvalue weighted by atomic mass is 28.4. The number of esters is 2. The third-order valence-corrected chi connectivity index (χ3v) is 12.6. The Labute approximate surface area is 238 Å². The van der Waals surface area contributed by atoms with Crippen molar-refractivity contribution >= 4 is 26.3 Å². The Morgan fingerprint density at radius 3 is 2.20 bits per heavy atom. The SMILES string of the molecule is CC(C)(C)OC(=O)N1[C@@H]2C=C[C@@]1(c1ccccc1)C(C(=O)O[C@H]1C(=O)OCC1(C)C)=C(O[Si](C)(C)C(C)(C)C)C2. The number of cyclic esters (lactones) is 1. The largest absolute Gasteiger partial charge is 0.546 e. The monoisotopic (exact) mass is 569 g/mol. The molecule has 0 aliphatic carbocycles. The lowest BCUT2D eigenvalue weighted by Gasteiger charge is -2.48. The van der Waals surface area contributed by atoms with Gasteiger partial charge in [0.2, 0.25) is 14.4 Å². The molecule has 0 aromatic heterocycles. The number of fused-ring (bicyclic) bond motifs is 2. The second kappa shape index (κ2) is 9.78. The lowest BCUT2D eigenvalue weighted by molar-refractivity contribution is -0.161. The van der Waals surface area contributed by atoms with E-state index in [0.29, 0.717) is 11.3 Å². The molecule has 8 nitrogen and oxygen atoms in total. The molecule has 0 radical (unpaired) electrons. The van der Waals surface area contributed by atoms with Gasteiger partial charge in [0.05, 0.1) is 11.8 Å². The van der Waals surface area contributed by atoms with Crippen molar-refractivity contribution in [1.82, 2.24) is 4.90 Å². The van der Waals surface area contributed by atoms with E-state index in [1.807, 2.05) is 77.1 Å². The highest BCUT2D eigenvalue weighted by Crippen LogP contribution is 2.53. The Balaban J connectivity index is 1.94. The van der Waals surface area contributed by atoms with Gasteiger partial charge in [0.15, 0.2) is 0 Å². The van der Waals surface area contributed by atoms with Crippen LogP contribution in [-0.2, 0) is 33.8 Å². The Morgan fingerprint density at radius 2 is 1.68 bits per heavy atom. The van der Waals surface area contributed by atoms with Crippen LogP contribution in [0.4, 0.5) is 4.79 Å². The van der Waals surface area contributed by atoms with Crippen LogP contribution in [0, 0.1) is 5.41 Å². The summed E-state index contributed by atoms with van der Waals surface area (Å²) in [6.45, 7) is 19.8. The summed E-state index contributed by atoms with van der Waals surface area (Å²) < 4.78 is 24.0. The highest BCUT2D eigenvalue weighted by Gasteiger charge is 2.59. The smallest absolute Gasteiger partial charge is 0.412 e. The molecule has 3 aliphatic heterocycles. The van der Waals surface area contributed by atoms with Crippen molar-refractivity contribution in [3.05, 3.63) is 59.4 Å². The predicted molar refractivity (Wildman–Crippen MR) is 154 cm³/mol. The maximum Gasteiger partial charge on any atom is 0.412 e. The Hall–Kier alpha value is -3.07. The molecule has 9 heteroatoms. The molecular weight excluding hydrogens is 526 g/mol. The number of rotatable bonds is 5. The molecule has 40 heavy (non-hydrogen) atoms. The van der Waals surface area contributed by atoms with Gasteiger partial charge in [-0.2, -0.15) is 0 Å². The molecule has 1 amide bonds. The fourth-order valence-electron chi connectivity index (χ4n) is 5.13.